The highest BCUT2D eigenvalue weighted by Crippen LogP contribution is 2.16. The molecule has 2 saturated heterocycles. The normalized spacial score (nSPS) is 23.1. The first-order valence-electron chi connectivity index (χ1n) is 6.93. The van der Waals surface area contributed by atoms with Crippen molar-refractivity contribution in [2.45, 2.75) is 18.9 Å². The van der Waals surface area contributed by atoms with Crippen molar-refractivity contribution in [3.8, 4) is 0 Å². The maximum atomic E-state index is 12.2. The summed E-state index contributed by atoms with van der Waals surface area (Å²) in [7, 11) is 0. The summed E-state index contributed by atoms with van der Waals surface area (Å²) < 4.78 is 6.87. The van der Waals surface area contributed by atoms with Crippen LogP contribution in [0.25, 0.3) is 0 Å². The lowest BCUT2D eigenvalue weighted by molar-refractivity contribution is -0.142. The second kappa shape index (κ2) is 5.62. The Morgan fingerprint density at radius 1 is 1.15 bits per heavy atom. The Kier molecular flexibility index (Phi) is 3.68. The lowest BCUT2D eigenvalue weighted by atomic mass is 10.2. The van der Waals surface area contributed by atoms with E-state index < -0.39 is 0 Å². The molecule has 1 unspecified atom stereocenters. The van der Waals surface area contributed by atoms with Crippen LogP contribution in [0, 0.1) is 0 Å². The summed E-state index contributed by atoms with van der Waals surface area (Å²) in [6, 6.07) is -0.0910. The Morgan fingerprint density at radius 2 is 1.90 bits per heavy atom. The summed E-state index contributed by atoms with van der Waals surface area (Å²) in [6.07, 6.45) is 6.20. The molecule has 108 valence electrons. The molecule has 0 aliphatic carbocycles. The predicted octanol–water partition coefficient (Wildman–Crippen LogP) is 0.174. The number of hydrogen-bond donors (Lipinski definition) is 0. The maximum absolute atomic E-state index is 12.2. The smallest absolute Gasteiger partial charge is 0.329 e. The molecule has 3 rings (SSSR count). The van der Waals surface area contributed by atoms with E-state index >= 15 is 0 Å². The van der Waals surface area contributed by atoms with Gasteiger partial charge in [0.05, 0.1) is 0 Å². The van der Waals surface area contributed by atoms with Crippen molar-refractivity contribution < 1.29 is 14.3 Å². The van der Waals surface area contributed by atoms with E-state index in [-0.39, 0.29) is 18.0 Å². The highest BCUT2D eigenvalue weighted by Gasteiger charge is 2.31. The van der Waals surface area contributed by atoms with Crippen LogP contribution in [-0.2, 0) is 9.53 Å². The van der Waals surface area contributed by atoms with Crippen LogP contribution >= 0.6 is 0 Å². The van der Waals surface area contributed by atoms with E-state index in [9.17, 15) is 9.59 Å². The summed E-state index contributed by atoms with van der Waals surface area (Å²) >= 11 is 0. The van der Waals surface area contributed by atoms with Gasteiger partial charge >= 0.3 is 6.03 Å². The lowest BCUT2D eigenvalue weighted by Gasteiger charge is -2.35. The van der Waals surface area contributed by atoms with Crippen molar-refractivity contribution in [3.05, 3.63) is 18.7 Å². The zero-order valence-electron chi connectivity index (χ0n) is 11.3. The molecule has 3 heterocycles. The average Bonchev–Trinajstić information content (AvgIpc) is 3.18. The highest BCUT2D eigenvalue weighted by molar-refractivity contribution is 5.82. The number of carbonyl (C=O) groups is 2. The quantitative estimate of drug-likeness (QED) is 0.734. The van der Waals surface area contributed by atoms with Crippen LogP contribution in [0.1, 0.15) is 12.8 Å². The minimum atomic E-state index is -0.272. The van der Waals surface area contributed by atoms with Crippen molar-refractivity contribution in [1.82, 2.24) is 19.4 Å². The van der Waals surface area contributed by atoms with Crippen LogP contribution in [0.15, 0.2) is 18.7 Å². The number of carbonyl (C=O) groups excluding carboxylic acids is 2. The first-order valence-corrected chi connectivity index (χ1v) is 6.93. The van der Waals surface area contributed by atoms with E-state index in [1.165, 1.54) is 10.9 Å². The number of rotatable bonds is 1. The van der Waals surface area contributed by atoms with E-state index in [1.807, 2.05) is 0 Å². The van der Waals surface area contributed by atoms with Gasteiger partial charge in [0.1, 0.15) is 12.4 Å². The number of imidazole rings is 1. The Morgan fingerprint density at radius 3 is 2.50 bits per heavy atom. The molecule has 7 heteroatoms. The summed E-state index contributed by atoms with van der Waals surface area (Å²) in [5.74, 6) is 0.0669. The lowest BCUT2D eigenvalue weighted by Crippen LogP contribution is -2.53. The zero-order chi connectivity index (χ0) is 13.9. The number of amides is 2. The maximum Gasteiger partial charge on any atom is 0.329 e. The Bertz CT molecular complexity index is 474. The second-order valence-electron chi connectivity index (χ2n) is 5.07. The minimum absolute atomic E-state index is 0.0669. The van der Waals surface area contributed by atoms with Crippen LogP contribution in [0.2, 0.25) is 0 Å². The van der Waals surface area contributed by atoms with Crippen molar-refractivity contribution in [2.75, 3.05) is 32.8 Å². The van der Waals surface area contributed by atoms with E-state index in [0.717, 1.165) is 12.8 Å². The number of hydrogen-bond acceptors (Lipinski definition) is 4. The van der Waals surface area contributed by atoms with Crippen molar-refractivity contribution in [1.29, 1.82) is 0 Å². The largest absolute Gasteiger partial charge is 0.368 e. The fourth-order valence-electron chi connectivity index (χ4n) is 2.63. The molecule has 1 aromatic heterocycles. The van der Waals surface area contributed by atoms with Gasteiger partial charge in [-0.25, -0.2) is 9.78 Å². The molecule has 2 aliphatic rings. The molecule has 0 N–H and O–H groups in total. The summed E-state index contributed by atoms with van der Waals surface area (Å²) in [5.41, 5.74) is 0. The number of ether oxygens (including phenoxy) is 1. The molecule has 0 spiro atoms. The average molecular weight is 278 g/mol. The van der Waals surface area contributed by atoms with Crippen LogP contribution in [0.4, 0.5) is 4.79 Å². The van der Waals surface area contributed by atoms with Gasteiger partial charge in [0.2, 0.25) is 0 Å². The van der Waals surface area contributed by atoms with E-state index in [4.69, 9.17) is 4.74 Å². The molecule has 0 bridgehead atoms. The Labute approximate surface area is 117 Å². The van der Waals surface area contributed by atoms with Gasteiger partial charge in [-0.2, -0.15) is 0 Å². The molecular weight excluding hydrogens is 260 g/mol. The molecular formula is C13H18N4O3. The first-order chi connectivity index (χ1) is 9.75. The molecule has 2 amide bonds. The van der Waals surface area contributed by atoms with Crippen molar-refractivity contribution in [2.24, 2.45) is 0 Å². The number of piperazine rings is 1. The highest BCUT2D eigenvalue weighted by atomic mass is 16.5. The van der Waals surface area contributed by atoms with Gasteiger partial charge in [-0.15, -0.1) is 0 Å². The molecule has 1 atom stereocenters. The molecule has 0 radical (unpaired) electrons. The third-order valence-electron chi connectivity index (χ3n) is 3.79. The van der Waals surface area contributed by atoms with Crippen molar-refractivity contribution >= 4 is 11.9 Å². The Hall–Kier alpha value is -1.89. The van der Waals surface area contributed by atoms with E-state index in [0.29, 0.717) is 32.8 Å². The SMILES string of the molecule is O=C(C1CCCO1)N1CCN(C(=O)n2ccnc2)CC1. The molecule has 2 aliphatic heterocycles. The van der Waals surface area contributed by atoms with Gasteiger partial charge in [-0.1, -0.05) is 0 Å². The molecule has 2 fully saturated rings. The number of nitrogens with zero attached hydrogens (tertiary/aromatic N) is 4. The summed E-state index contributed by atoms with van der Waals surface area (Å²) in [5, 5.41) is 0. The number of aromatic nitrogens is 2. The zero-order valence-corrected chi connectivity index (χ0v) is 11.3. The van der Waals surface area contributed by atoms with Gasteiger partial charge in [0.15, 0.2) is 0 Å². The molecule has 0 saturated carbocycles. The molecule has 7 nitrogen and oxygen atoms in total. The summed E-state index contributed by atoms with van der Waals surface area (Å²) in [4.78, 5) is 31.7. The standard InChI is InChI=1S/C13H18N4O3/c18-12(11-2-1-9-20-11)15-5-7-16(8-6-15)13(19)17-4-3-14-10-17/h3-4,10-11H,1-2,5-9H2. The fraction of sp³-hybridized carbons (Fsp3) is 0.615. The van der Waals surface area contributed by atoms with E-state index in [1.54, 1.807) is 22.2 Å². The van der Waals surface area contributed by atoms with Crippen LogP contribution in [0.5, 0.6) is 0 Å². The van der Waals surface area contributed by atoms with Crippen LogP contribution in [0.3, 0.4) is 0 Å². The van der Waals surface area contributed by atoms with Gasteiger partial charge < -0.3 is 14.5 Å². The van der Waals surface area contributed by atoms with Crippen molar-refractivity contribution in [3.63, 3.8) is 0 Å². The third-order valence-corrected chi connectivity index (χ3v) is 3.79. The molecule has 20 heavy (non-hydrogen) atoms. The topological polar surface area (TPSA) is 67.7 Å². The molecule has 0 aromatic carbocycles. The van der Waals surface area contributed by atoms with Crippen LogP contribution < -0.4 is 0 Å². The fourth-order valence-corrected chi connectivity index (χ4v) is 2.63. The van der Waals surface area contributed by atoms with Gasteiger partial charge in [0, 0.05) is 45.2 Å². The monoisotopic (exact) mass is 278 g/mol. The van der Waals surface area contributed by atoms with Gasteiger partial charge in [-0.3, -0.25) is 9.36 Å². The third kappa shape index (κ3) is 2.53. The predicted molar refractivity (Wildman–Crippen MR) is 70.1 cm³/mol. The minimum Gasteiger partial charge on any atom is -0.368 e. The van der Waals surface area contributed by atoms with Gasteiger partial charge in [0.25, 0.3) is 5.91 Å². The second-order valence-corrected chi connectivity index (χ2v) is 5.07. The van der Waals surface area contributed by atoms with Gasteiger partial charge in [-0.05, 0) is 12.8 Å². The van der Waals surface area contributed by atoms with E-state index in [2.05, 4.69) is 4.98 Å². The summed E-state index contributed by atoms with van der Waals surface area (Å²) in [6.45, 7) is 2.92. The molecule has 1 aromatic rings. The van der Waals surface area contributed by atoms with Crippen LogP contribution in [-0.4, -0.2) is 70.2 Å². The first kappa shape index (κ1) is 13.1. The Balaban J connectivity index is 1.54.